The van der Waals surface area contributed by atoms with E-state index in [1.54, 1.807) is 22.9 Å². The quantitative estimate of drug-likeness (QED) is 0.431. The van der Waals surface area contributed by atoms with Crippen LogP contribution in [0, 0.1) is 12.7 Å². The molecule has 4 rings (SSSR count). The van der Waals surface area contributed by atoms with E-state index in [9.17, 15) is 9.18 Å². The molecule has 0 aliphatic rings. The van der Waals surface area contributed by atoms with Gasteiger partial charge < -0.3 is 4.74 Å². The van der Waals surface area contributed by atoms with Crippen molar-refractivity contribution < 1.29 is 13.9 Å². The van der Waals surface area contributed by atoms with Gasteiger partial charge in [0.25, 0.3) is 0 Å². The molecule has 0 atom stereocenters. The van der Waals surface area contributed by atoms with E-state index in [2.05, 4.69) is 20.6 Å². The summed E-state index contributed by atoms with van der Waals surface area (Å²) in [6.45, 7) is 5.09. The Balaban J connectivity index is 1.51. The smallest absolute Gasteiger partial charge is 0.348 e. The van der Waals surface area contributed by atoms with E-state index in [1.807, 2.05) is 18.5 Å². The number of hydrogen-bond acceptors (Lipinski definition) is 7. The number of halogens is 1. The summed E-state index contributed by atoms with van der Waals surface area (Å²) in [4.78, 5) is 13.9. The number of nitrogens with zero attached hydrogens (tertiary/aromatic N) is 6. The van der Waals surface area contributed by atoms with Gasteiger partial charge in [-0.25, -0.2) is 13.9 Å². The Hall–Kier alpha value is -3.14. The third kappa shape index (κ3) is 4.02. The van der Waals surface area contributed by atoms with Crippen molar-refractivity contribution in [2.45, 2.75) is 40.0 Å². The van der Waals surface area contributed by atoms with Crippen LogP contribution in [0.25, 0.3) is 10.2 Å². The molecule has 8 nitrogen and oxygen atoms in total. The summed E-state index contributed by atoms with van der Waals surface area (Å²) in [7, 11) is 0. The molecule has 150 valence electrons. The fraction of sp³-hybridized carbons (Fsp3) is 0.316. The molecule has 0 aliphatic heterocycles. The third-order valence-corrected chi connectivity index (χ3v) is 5.56. The standard InChI is InChI=1S/C19H19FN6O2S/c1-3-8-25-17(21-23-24-25)11-28-19(27)16-9-15-12(2)22-26(18(15)29-16)10-13-4-6-14(20)7-5-13/h4-7,9H,3,8,10-11H2,1-2H3. The van der Waals surface area contributed by atoms with Crippen molar-refractivity contribution in [2.75, 3.05) is 0 Å². The number of carbonyl (C=O) groups is 1. The van der Waals surface area contributed by atoms with Gasteiger partial charge in [-0.1, -0.05) is 19.1 Å². The molecule has 0 unspecified atom stereocenters. The fourth-order valence-electron chi connectivity index (χ4n) is 3.00. The molecular formula is C19H19FN6O2S. The van der Waals surface area contributed by atoms with Crippen LogP contribution >= 0.6 is 11.3 Å². The van der Waals surface area contributed by atoms with Crippen molar-refractivity contribution in [3.05, 3.63) is 58.1 Å². The largest absolute Gasteiger partial charge is 0.453 e. The molecule has 0 N–H and O–H groups in total. The van der Waals surface area contributed by atoms with Gasteiger partial charge in [-0.05, 0) is 47.5 Å². The Kier molecular flexibility index (Phi) is 5.34. The van der Waals surface area contributed by atoms with Gasteiger partial charge in [0.05, 0.1) is 12.2 Å². The van der Waals surface area contributed by atoms with Crippen LogP contribution < -0.4 is 0 Å². The van der Waals surface area contributed by atoms with Crippen molar-refractivity contribution >= 4 is 27.5 Å². The number of aryl methyl sites for hydroxylation is 2. The first kappa shape index (κ1) is 19.2. The van der Waals surface area contributed by atoms with E-state index in [0.29, 0.717) is 23.8 Å². The lowest BCUT2D eigenvalue weighted by molar-refractivity contribution is 0.0462. The van der Waals surface area contributed by atoms with Gasteiger partial charge in [-0.3, -0.25) is 4.68 Å². The SMILES string of the molecule is CCCn1nnnc1COC(=O)c1cc2c(C)nn(Cc3ccc(F)cc3)c2s1. The Morgan fingerprint density at radius 2 is 2.03 bits per heavy atom. The van der Waals surface area contributed by atoms with Crippen molar-refractivity contribution in [1.82, 2.24) is 30.0 Å². The highest BCUT2D eigenvalue weighted by Gasteiger charge is 2.18. The minimum Gasteiger partial charge on any atom is -0.453 e. The molecule has 0 radical (unpaired) electrons. The second-order valence-corrected chi connectivity index (χ2v) is 7.62. The second kappa shape index (κ2) is 8.08. The van der Waals surface area contributed by atoms with E-state index in [-0.39, 0.29) is 12.4 Å². The summed E-state index contributed by atoms with van der Waals surface area (Å²) in [5, 5.41) is 16.9. The summed E-state index contributed by atoms with van der Waals surface area (Å²) in [6, 6.07) is 8.09. The number of tetrazole rings is 1. The van der Waals surface area contributed by atoms with E-state index < -0.39 is 5.97 Å². The van der Waals surface area contributed by atoms with Crippen molar-refractivity contribution in [3.8, 4) is 0 Å². The molecule has 10 heteroatoms. The Morgan fingerprint density at radius 3 is 2.79 bits per heavy atom. The topological polar surface area (TPSA) is 87.7 Å². The van der Waals surface area contributed by atoms with Crippen LogP contribution in [0.3, 0.4) is 0 Å². The van der Waals surface area contributed by atoms with Crippen LogP contribution in [-0.4, -0.2) is 36.0 Å². The number of hydrogen-bond donors (Lipinski definition) is 0. The number of rotatable bonds is 7. The zero-order valence-corrected chi connectivity index (χ0v) is 16.8. The monoisotopic (exact) mass is 414 g/mol. The first-order valence-electron chi connectivity index (χ1n) is 9.18. The minimum atomic E-state index is -0.426. The Labute approximate surface area is 169 Å². The van der Waals surface area contributed by atoms with Crippen LogP contribution in [0.1, 0.15) is 40.1 Å². The highest BCUT2D eigenvalue weighted by atomic mass is 32.1. The first-order chi connectivity index (χ1) is 14.0. The third-order valence-electron chi connectivity index (χ3n) is 4.43. The highest BCUT2D eigenvalue weighted by molar-refractivity contribution is 7.20. The molecule has 3 aromatic heterocycles. The average molecular weight is 414 g/mol. The first-order valence-corrected chi connectivity index (χ1v) is 10.0. The molecule has 1 aromatic carbocycles. The van der Waals surface area contributed by atoms with Crippen molar-refractivity contribution in [3.63, 3.8) is 0 Å². The van der Waals surface area contributed by atoms with E-state index in [1.165, 1.54) is 23.5 Å². The average Bonchev–Trinajstić information content (AvgIpc) is 3.40. The Bertz CT molecular complexity index is 1150. The zero-order valence-electron chi connectivity index (χ0n) is 16.0. The molecule has 0 amide bonds. The number of ether oxygens (including phenoxy) is 1. The van der Waals surface area contributed by atoms with Gasteiger partial charge in [0.15, 0.2) is 12.4 Å². The maximum absolute atomic E-state index is 13.1. The maximum Gasteiger partial charge on any atom is 0.348 e. The molecule has 29 heavy (non-hydrogen) atoms. The minimum absolute atomic E-state index is 0.0146. The summed E-state index contributed by atoms with van der Waals surface area (Å²) < 4.78 is 22.0. The molecule has 0 aliphatic carbocycles. The van der Waals surface area contributed by atoms with Crippen LogP contribution in [0.4, 0.5) is 4.39 Å². The molecule has 0 saturated heterocycles. The van der Waals surface area contributed by atoms with E-state index in [0.717, 1.165) is 27.9 Å². The van der Waals surface area contributed by atoms with E-state index >= 15 is 0 Å². The van der Waals surface area contributed by atoms with Crippen LogP contribution in [0.15, 0.2) is 30.3 Å². The summed E-state index contributed by atoms with van der Waals surface area (Å²) in [6.07, 6.45) is 0.881. The summed E-state index contributed by atoms with van der Waals surface area (Å²) in [5.74, 6) is -0.188. The lowest BCUT2D eigenvalue weighted by Gasteiger charge is -2.04. The number of benzene rings is 1. The molecule has 0 fully saturated rings. The zero-order chi connectivity index (χ0) is 20.4. The van der Waals surface area contributed by atoms with Crippen molar-refractivity contribution in [2.24, 2.45) is 0 Å². The number of carbonyl (C=O) groups excluding carboxylic acids is 1. The molecule has 0 bridgehead atoms. The van der Waals surface area contributed by atoms with Gasteiger partial charge in [0, 0.05) is 11.9 Å². The molecule has 0 saturated carbocycles. The number of aromatic nitrogens is 6. The highest BCUT2D eigenvalue weighted by Crippen LogP contribution is 2.29. The lowest BCUT2D eigenvalue weighted by atomic mass is 10.2. The van der Waals surface area contributed by atoms with E-state index in [4.69, 9.17) is 4.74 Å². The summed E-state index contributed by atoms with van der Waals surface area (Å²) >= 11 is 1.32. The fourth-order valence-corrected chi connectivity index (χ4v) is 4.05. The molecule has 3 heterocycles. The molecular weight excluding hydrogens is 395 g/mol. The predicted octanol–water partition coefficient (Wildman–Crippen LogP) is 3.35. The molecule has 0 spiro atoms. The lowest BCUT2D eigenvalue weighted by Crippen LogP contribution is -2.10. The van der Waals surface area contributed by atoms with Gasteiger partial charge >= 0.3 is 5.97 Å². The number of esters is 1. The van der Waals surface area contributed by atoms with Gasteiger partial charge in [0.2, 0.25) is 0 Å². The number of fused-ring (bicyclic) bond motifs is 1. The number of thiophene rings is 1. The normalized spacial score (nSPS) is 11.3. The van der Waals surface area contributed by atoms with Crippen LogP contribution in [0.2, 0.25) is 0 Å². The van der Waals surface area contributed by atoms with Crippen molar-refractivity contribution in [1.29, 1.82) is 0 Å². The van der Waals surface area contributed by atoms with Crippen LogP contribution in [0.5, 0.6) is 0 Å². The second-order valence-electron chi connectivity index (χ2n) is 6.59. The van der Waals surface area contributed by atoms with Crippen LogP contribution in [-0.2, 0) is 24.4 Å². The predicted molar refractivity (Wildman–Crippen MR) is 105 cm³/mol. The summed E-state index contributed by atoms with van der Waals surface area (Å²) in [5.41, 5.74) is 1.75. The molecule has 4 aromatic rings. The van der Waals surface area contributed by atoms with Gasteiger partial charge in [-0.15, -0.1) is 16.4 Å². The Morgan fingerprint density at radius 1 is 1.24 bits per heavy atom. The van der Waals surface area contributed by atoms with Gasteiger partial charge in [-0.2, -0.15) is 5.10 Å². The van der Waals surface area contributed by atoms with Gasteiger partial charge in [0.1, 0.15) is 15.5 Å². The maximum atomic E-state index is 13.1.